The van der Waals surface area contributed by atoms with Gasteiger partial charge in [-0.3, -0.25) is 0 Å². The number of rotatable bonds is 10. The lowest BCUT2D eigenvalue weighted by Crippen LogP contribution is -2.44. The summed E-state index contributed by atoms with van der Waals surface area (Å²) in [5.74, 6) is 0. The van der Waals surface area contributed by atoms with Crippen LogP contribution < -0.4 is 0 Å². The highest BCUT2D eigenvalue weighted by Gasteiger charge is 2.50. The second kappa shape index (κ2) is 13.6. The number of aryl methyl sites for hydroxylation is 3. The number of benzene rings is 6. The van der Waals surface area contributed by atoms with E-state index in [9.17, 15) is 10.2 Å². The summed E-state index contributed by atoms with van der Waals surface area (Å²) in [7, 11) is 0. The van der Waals surface area contributed by atoms with E-state index >= 15 is 0 Å². The van der Waals surface area contributed by atoms with Gasteiger partial charge in [0.1, 0.15) is 11.2 Å². The van der Waals surface area contributed by atoms with E-state index in [0.29, 0.717) is 22.3 Å². The Morgan fingerprint density at radius 3 is 1.20 bits per heavy atom. The fourth-order valence-electron chi connectivity index (χ4n) is 7.60. The van der Waals surface area contributed by atoms with Gasteiger partial charge in [0, 0.05) is 0 Å². The van der Waals surface area contributed by atoms with Crippen molar-refractivity contribution in [1.29, 1.82) is 0 Å². The lowest BCUT2D eigenvalue weighted by Gasteiger charge is -2.45. The molecule has 0 spiro atoms. The van der Waals surface area contributed by atoms with Crippen LogP contribution in [0.1, 0.15) is 89.6 Å². The second-order valence-corrected chi connectivity index (χ2v) is 13.8. The summed E-state index contributed by atoms with van der Waals surface area (Å²) in [6.07, 6.45) is 6.98. The van der Waals surface area contributed by atoms with E-state index in [4.69, 9.17) is 0 Å². The van der Waals surface area contributed by atoms with Gasteiger partial charge in [-0.15, -0.1) is 0 Å². The van der Waals surface area contributed by atoms with Crippen molar-refractivity contribution in [2.75, 3.05) is 0 Å². The van der Waals surface area contributed by atoms with Crippen molar-refractivity contribution in [2.24, 2.45) is 0 Å². The molecule has 7 rings (SSSR count). The quantitative estimate of drug-likeness (QED) is 0.156. The summed E-state index contributed by atoms with van der Waals surface area (Å²) in [6, 6.07) is 48.1. The van der Waals surface area contributed by atoms with E-state index in [1.165, 1.54) is 36.8 Å². The molecule has 49 heavy (non-hydrogen) atoms. The first kappa shape index (κ1) is 32.8. The minimum Gasteiger partial charge on any atom is -0.376 e. The molecule has 0 aromatic heterocycles. The lowest BCUT2D eigenvalue weighted by molar-refractivity contribution is 0.0747. The molecular weight excluding hydrogens is 597 g/mol. The topological polar surface area (TPSA) is 40.5 Å². The predicted octanol–water partition coefficient (Wildman–Crippen LogP) is 10.9. The average molecular weight is 643 g/mol. The second-order valence-electron chi connectivity index (χ2n) is 13.8. The lowest BCUT2D eigenvalue weighted by atomic mass is 9.63. The van der Waals surface area contributed by atoms with Crippen LogP contribution in [0.4, 0.5) is 0 Å². The standard InChI is InChI=1S/C47H46O2/c1-4-6-10-34-15-19-36(20-16-34)38-23-27-40(28-24-38)46(48)42-12-8-9-13-43(42)47(49,45-32-33(3)14-31-44(45)46)41-29-25-39(26-30-41)37-21-17-35(18-22-37)11-7-5-2/h8-9,12-32,48-49H,4-7,10-11H2,1-3H3. The highest BCUT2D eigenvalue weighted by molar-refractivity contribution is 5.70. The Morgan fingerprint density at radius 2 is 0.796 bits per heavy atom. The number of hydrogen-bond donors (Lipinski definition) is 2. The first-order valence-electron chi connectivity index (χ1n) is 17.9. The number of hydrogen-bond acceptors (Lipinski definition) is 2. The Hall–Kier alpha value is -4.76. The molecular formula is C47H46O2. The average Bonchev–Trinajstić information content (AvgIpc) is 3.16. The molecule has 0 fully saturated rings. The zero-order valence-corrected chi connectivity index (χ0v) is 28.9. The summed E-state index contributed by atoms with van der Waals surface area (Å²) >= 11 is 0. The Labute approximate surface area is 291 Å². The van der Waals surface area contributed by atoms with Gasteiger partial charge < -0.3 is 10.2 Å². The molecule has 246 valence electrons. The molecule has 0 aliphatic heterocycles. The highest BCUT2D eigenvalue weighted by atomic mass is 16.3. The minimum atomic E-state index is -1.45. The third-order valence-electron chi connectivity index (χ3n) is 10.5. The highest BCUT2D eigenvalue weighted by Crippen LogP contribution is 2.53. The van der Waals surface area contributed by atoms with Crippen molar-refractivity contribution < 1.29 is 10.2 Å². The fourth-order valence-corrected chi connectivity index (χ4v) is 7.60. The van der Waals surface area contributed by atoms with Crippen molar-refractivity contribution >= 4 is 0 Å². The zero-order chi connectivity index (χ0) is 34.0. The van der Waals surface area contributed by atoms with Gasteiger partial charge in [-0.2, -0.15) is 0 Å². The molecule has 0 bridgehead atoms. The number of aliphatic hydroxyl groups is 2. The van der Waals surface area contributed by atoms with Crippen LogP contribution in [0.15, 0.2) is 140 Å². The summed E-state index contributed by atoms with van der Waals surface area (Å²) in [6.45, 7) is 6.48. The molecule has 2 unspecified atom stereocenters. The molecule has 2 nitrogen and oxygen atoms in total. The summed E-state index contributed by atoms with van der Waals surface area (Å²) in [5, 5.41) is 25.9. The minimum absolute atomic E-state index is 0.689. The smallest absolute Gasteiger partial charge is 0.141 e. The maximum atomic E-state index is 13.0. The van der Waals surface area contributed by atoms with Gasteiger partial charge in [-0.25, -0.2) is 0 Å². The monoisotopic (exact) mass is 642 g/mol. The SMILES string of the molecule is CCCCc1ccc(-c2ccc(C3(O)c4ccccc4C(O)(c4ccc(-c5ccc(CCCC)cc5)cc4)c4cc(C)ccc43)cc2)cc1. The maximum absolute atomic E-state index is 13.0. The van der Waals surface area contributed by atoms with Crippen LogP contribution in [0.5, 0.6) is 0 Å². The largest absolute Gasteiger partial charge is 0.376 e. The molecule has 6 aromatic rings. The molecule has 2 heteroatoms. The van der Waals surface area contributed by atoms with Gasteiger partial charge in [0.15, 0.2) is 0 Å². The van der Waals surface area contributed by atoms with Crippen molar-refractivity contribution in [3.63, 3.8) is 0 Å². The molecule has 0 amide bonds. The van der Waals surface area contributed by atoms with Crippen LogP contribution in [0, 0.1) is 6.92 Å². The van der Waals surface area contributed by atoms with E-state index in [1.54, 1.807) is 0 Å². The van der Waals surface area contributed by atoms with E-state index in [0.717, 1.165) is 51.8 Å². The Kier molecular flexibility index (Phi) is 9.11. The maximum Gasteiger partial charge on any atom is 0.141 e. The zero-order valence-electron chi connectivity index (χ0n) is 28.9. The third kappa shape index (κ3) is 5.94. The molecule has 1 aliphatic rings. The summed E-state index contributed by atoms with van der Waals surface area (Å²) in [5.41, 5.74) is 9.69. The van der Waals surface area contributed by atoms with Crippen LogP contribution in [0.25, 0.3) is 22.3 Å². The van der Waals surface area contributed by atoms with Crippen LogP contribution in [-0.2, 0) is 24.0 Å². The van der Waals surface area contributed by atoms with Crippen LogP contribution in [0.3, 0.4) is 0 Å². The normalized spacial score (nSPS) is 18.1. The van der Waals surface area contributed by atoms with Gasteiger partial charge in [0.05, 0.1) is 0 Å². The van der Waals surface area contributed by atoms with E-state index in [2.05, 4.69) is 86.6 Å². The molecule has 2 atom stereocenters. The third-order valence-corrected chi connectivity index (χ3v) is 10.5. The van der Waals surface area contributed by atoms with Crippen LogP contribution >= 0.6 is 0 Å². The van der Waals surface area contributed by atoms with Crippen molar-refractivity contribution in [3.05, 3.63) is 190 Å². The number of fused-ring (bicyclic) bond motifs is 2. The van der Waals surface area contributed by atoms with E-state index in [-0.39, 0.29) is 0 Å². The Balaban J connectivity index is 1.28. The first-order chi connectivity index (χ1) is 23.9. The molecule has 1 aliphatic carbocycles. The van der Waals surface area contributed by atoms with Crippen molar-refractivity contribution in [1.82, 2.24) is 0 Å². The molecule has 0 heterocycles. The van der Waals surface area contributed by atoms with E-state index < -0.39 is 11.2 Å². The van der Waals surface area contributed by atoms with Crippen LogP contribution in [0.2, 0.25) is 0 Å². The molecule has 0 saturated carbocycles. The molecule has 2 N–H and O–H groups in total. The van der Waals surface area contributed by atoms with Crippen LogP contribution in [-0.4, -0.2) is 10.2 Å². The number of unbranched alkanes of at least 4 members (excludes halogenated alkanes) is 2. The van der Waals surface area contributed by atoms with E-state index in [1.807, 2.05) is 73.7 Å². The van der Waals surface area contributed by atoms with Gasteiger partial charge in [0.25, 0.3) is 0 Å². The van der Waals surface area contributed by atoms with Gasteiger partial charge in [-0.05, 0) is 99.4 Å². The van der Waals surface area contributed by atoms with Gasteiger partial charge >= 0.3 is 0 Å². The molecule has 6 aromatic carbocycles. The predicted molar refractivity (Wildman–Crippen MR) is 203 cm³/mol. The Morgan fingerprint density at radius 1 is 0.429 bits per heavy atom. The fraction of sp³-hybridized carbons (Fsp3) is 0.234. The van der Waals surface area contributed by atoms with Crippen molar-refractivity contribution in [3.8, 4) is 22.3 Å². The molecule has 0 radical (unpaired) electrons. The Bertz CT molecular complexity index is 2040. The van der Waals surface area contributed by atoms with Gasteiger partial charge in [-0.1, -0.05) is 172 Å². The summed E-state index contributed by atoms with van der Waals surface area (Å²) < 4.78 is 0. The molecule has 0 saturated heterocycles. The van der Waals surface area contributed by atoms with Crippen molar-refractivity contribution in [2.45, 2.75) is 70.5 Å². The first-order valence-corrected chi connectivity index (χ1v) is 17.9. The summed E-state index contributed by atoms with van der Waals surface area (Å²) in [4.78, 5) is 0. The van der Waals surface area contributed by atoms with Gasteiger partial charge in [0.2, 0.25) is 0 Å².